The molecule has 0 aliphatic rings. The molecular weight excluding hydrogens is 221 g/mol. The molecule has 2 aromatic rings. The number of nitrogens with zero attached hydrogens (tertiary/aromatic N) is 3. The molecule has 1 aromatic heterocycles. The molecule has 0 radical (unpaired) electrons. The summed E-state index contributed by atoms with van der Waals surface area (Å²) in [7, 11) is 0. The van der Waals surface area contributed by atoms with Crippen LogP contribution in [0.5, 0.6) is 5.75 Å². The second-order valence-electron chi connectivity index (χ2n) is 3.37. The van der Waals surface area contributed by atoms with E-state index in [1.54, 1.807) is 17.1 Å². The summed E-state index contributed by atoms with van der Waals surface area (Å²) in [5, 5.41) is 12.6. The van der Waals surface area contributed by atoms with Crippen LogP contribution < -0.4 is 4.74 Å². The second kappa shape index (κ2) is 5.12. The van der Waals surface area contributed by atoms with Gasteiger partial charge in [-0.15, -0.1) is 0 Å². The molecule has 0 aliphatic carbocycles. The lowest BCUT2D eigenvalue weighted by Gasteiger charge is -2.07. The first-order valence-electron chi connectivity index (χ1n) is 5.09. The largest absolute Gasteiger partial charge is 0.489 e. The van der Waals surface area contributed by atoms with Crippen molar-refractivity contribution in [2.45, 2.75) is 6.54 Å². The lowest BCUT2D eigenvalue weighted by Crippen LogP contribution is -2.09. The summed E-state index contributed by atoms with van der Waals surface area (Å²) in [4.78, 5) is 0. The van der Waals surface area contributed by atoms with E-state index in [9.17, 15) is 4.39 Å². The smallest absolute Gasteiger partial charge is 0.166 e. The van der Waals surface area contributed by atoms with Crippen LogP contribution >= 0.6 is 0 Å². The summed E-state index contributed by atoms with van der Waals surface area (Å²) in [6.45, 7) is 0.872. The van der Waals surface area contributed by atoms with Crippen LogP contribution in [0.3, 0.4) is 0 Å². The number of halogens is 1. The van der Waals surface area contributed by atoms with Gasteiger partial charge in [0.15, 0.2) is 11.6 Å². The van der Waals surface area contributed by atoms with Crippen LogP contribution in [0, 0.1) is 17.1 Å². The SMILES string of the molecule is N#Cc1ccc(OCCn2cccn2)c(F)c1. The highest BCUT2D eigenvalue weighted by Gasteiger charge is 2.04. The van der Waals surface area contributed by atoms with Crippen LogP contribution in [0.1, 0.15) is 5.56 Å². The van der Waals surface area contributed by atoms with E-state index in [1.807, 2.05) is 12.1 Å². The van der Waals surface area contributed by atoms with Crippen molar-refractivity contribution in [3.05, 3.63) is 48.0 Å². The zero-order chi connectivity index (χ0) is 12.1. The van der Waals surface area contributed by atoms with E-state index in [2.05, 4.69) is 5.10 Å². The first-order chi connectivity index (χ1) is 8.29. The van der Waals surface area contributed by atoms with Gasteiger partial charge in [-0.1, -0.05) is 0 Å². The maximum atomic E-state index is 13.4. The fraction of sp³-hybridized carbons (Fsp3) is 0.167. The highest BCUT2D eigenvalue weighted by atomic mass is 19.1. The summed E-state index contributed by atoms with van der Waals surface area (Å²) in [5.41, 5.74) is 0.280. The van der Waals surface area contributed by atoms with Gasteiger partial charge in [0.25, 0.3) is 0 Å². The monoisotopic (exact) mass is 231 g/mol. The minimum atomic E-state index is -0.524. The second-order valence-corrected chi connectivity index (χ2v) is 3.37. The number of hydrogen-bond donors (Lipinski definition) is 0. The Morgan fingerprint density at radius 2 is 2.35 bits per heavy atom. The summed E-state index contributed by atoms with van der Waals surface area (Å²) in [6.07, 6.45) is 3.47. The molecule has 4 nitrogen and oxygen atoms in total. The molecule has 0 spiro atoms. The van der Waals surface area contributed by atoms with Gasteiger partial charge < -0.3 is 4.74 Å². The Kier molecular flexibility index (Phi) is 3.36. The maximum Gasteiger partial charge on any atom is 0.166 e. The van der Waals surface area contributed by atoms with Gasteiger partial charge in [-0.2, -0.15) is 10.4 Å². The number of rotatable bonds is 4. The predicted molar refractivity (Wildman–Crippen MR) is 58.8 cm³/mol. The topological polar surface area (TPSA) is 50.8 Å². The van der Waals surface area contributed by atoms with E-state index in [-0.39, 0.29) is 11.3 Å². The van der Waals surface area contributed by atoms with Crippen molar-refractivity contribution >= 4 is 0 Å². The minimum Gasteiger partial charge on any atom is -0.489 e. The highest BCUT2D eigenvalue weighted by molar-refractivity contribution is 5.35. The molecule has 86 valence electrons. The normalized spacial score (nSPS) is 9.88. The van der Waals surface area contributed by atoms with Crippen LogP contribution in [0.2, 0.25) is 0 Å². The number of aromatic nitrogens is 2. The number of hydrogen-bond acceptors (Lipinski definition) is 3. The van der Waals surface area contributed by atoms with E-state index in [0.717, 1.165) is 6.07 Å². The molecule has 17 heavy (non-hydrogen) atoms. The molecule has 0 aliphatic heterocycles. The fourth-order valence-corrected chi connectivity index (χ4v) is 1.37. The summed E-state index contributed by atoms with van der Waals surface area (Å²) >= 11 is 0. The van der Waals surface area contributed by atoms with Crippen molar-refractivity contribution in [1.29, 1.82) is 5.26 Å². The zero-order valence-corrected chi connectivity index (χ0v) is 9.01. The third kappa shape index (κ3) is 2.82. The van der Waals surface area contributed by atoms with Gasteiger partial charge in [-0.3, -0.25) is 4.68 Å². The van der Waals surface area contributed by atoms with Crippen molar-refractivity contribution in [3.8, 4) is 11.8 Å². The van der Waals surface area contributed by atoms with Gasteiger partial charge in [0.1, 0.15) is 6.61 Å². The lowest BCUT2D eigenvalue weighted by molar-refractivity contribution is 0.278. The van der Waals surface area contributed by atoms with E-state index in [4.69, 9.17) is 10.00 Å². The third-order valence-corrected chi connectivity index (χ3v) is 2.20. The Bertz CT molecular complexity index is 531. The molecule has 0 unspecified atom stereocenters. The van der Waals surface area contributed by atoms with Crippen molar-refractivity contribution in [3.63, 3.8) is 0 Å². The fourth-order valence-electron chi connectivity index (χ4n) is 1.37. The lowest BCUT2D eigenvalue weighted by atomic mass is 10.2. The maximum absolute atomic E-state index is 13.4. The van der Waals surface area contributed by atoms with Crippen LogP contribution in [0.4, 0.5) is 4.39 Å². The van der Waals surface area contributed by atoms with E-state index < -0.39 is 5.82 Å². The van der Waals surface area contributed by atoms with E-state index in [0.29, 0.717) is 13.2 Å². The van der Waals surface area contributed by atoms with Crippen molar-refractivity contribution in [1.82, 2.24) is 9.78 Å². The quantitative estimate of drug-likeness (QED) is 0.808. The Labute approximate surface area is 97.9 Å². The van der Waals surface area contributed by atoms with Gasteiger partial charge in [-0.05, 0) is 24.3 Å². The van der Waals surface area contributed by atoms with E-state index >= 15 is 0 Å². The van der Waals surface area contributed by atoms with E-state index in [1.165, 1.54) is 12.1 Å². The predicted octanol–water partition coefficient (Wildman–Crippen LogP) is 1.97. The van der Waals surface area contributed by atoms with Gasteiger partial charge >= 0.3 is 0 Å². The molecule has 0 saturated heterocycles. The summed E-state index contributed by atoms with van der Waals surface area (Å²) in [5.74, 6) is -0.374. The van der Waals surface area contributed by atoms with Gasteiger partial charge in [0, 0.05) is 12.4 Å². The minimum absolute atomic E-state index is 0.149. The Morgan fingerprint density at radius 1 is 1.47 bits per heavy atom. The zero-order valence-electron chi connectivity index (χ0n) is 9.01. The van der Waals surface area contributed by atoms with Gasteiger partial charge in [0.2, 0.25) is 0 Å². The van der Waals surface area contributed by atoms with Crippen LogP contribution in [0.15, 0.2) is 36.7 Å². The number of benzene rings is 1. The molecule has 1 aromatic carbocycles. The molecule has 0 bridgehead atoms. The average molecular weight is 231 g/mol. The molecule has 0 N–H and O–H groups in total. The molecular formula is C12H10FN3O. The van der Waals surface area contributed by atoms with Crippen molar-refractivity contribution in [2.24, 2.45) is 0 Å². The number of nitriles is 1. The molecule has 0 atom stereocenters. The standard InChI is InChI=1S/C12H10FN3O/c13-11-8-10(9-14)2-3-12(11)17-7-6-16-5-1-4-15-16/h1-5,8H,6-7H2. The van der Waals surface area contributed by atoms with Gasteiger partial charge in [-0.25, -0.2) is 4.39 Å². The molecule has 0 fully saturated rings. The number of ether oxygens (including phenoxy) is 1. The van der Waals surface area contributed by atoms with Crippen LogP contribution in [-0.4, -0.2) is 16.4 Å². The molecule has 5 heteroatoms. The average Bonchev–Trinajstić information content (AvgIpc) is 2.84. The summed E-state index contributed by atoms with van der Waals surface area (Å²) in [6, 6.07) is 7.80. The van der Waals surface area contributed by atoms with Gasteiger partial charge in [0.05, 0.1) is 18.2 Å². The molecule has 0 saturated carbocycles. The highest BCUT2D eigenvalue weighted by Crippen LogP contribution is 2.17. The van der Waals surface area contributed by atoms with Crippen LogP contribution in [0.25, 0.3) is 0 Å². The summed E-state index contributed by atoms with van der Waals surface area (Å²) < 4.78 is 20.4. The molecule has 2 rings (SSSR count). The Balaban J connectivity index is 1.93. The first-order valence-corrected chi connectivity index (χ1v) is 5.09. The Hall–Kier alpha value is -2.35. The third-order valence-electron chi connectivity index (χ3n) is 2.20. The van der Waals surface area contributed by atoms with Crippen molar-refractivity contribution in [2.75, 3.05) is 6.61 Å². The molecule has 0 amide bonds. The Morgan fingerprint density at radius 3 is 3.00 bits per heavy atom. The molecule has 1 heterocycles. The van der Waals surface area contributed by atoms with Crippen molar-refractivity contribution < 1.29 is 9.13 Å². The first kappa shape index (κ1) is 11.1. The van der Waals surface area contributed by atoms with Crippen LogP contribution in [-0.2, 0) is 6.54 Å².